The van der Waals surface area contributed by atoms with Crippen LogP contribution in [0.1, 0.15) is 12.7 Å². The van der Waals surface area contributed by atoms with Gasteiger partial charge in [0, 0.05) is 32.7 Å². The first kappa shape index (κ1) is 13.7. The first-order chi connectivity index (χ1) is 9.54. The minimum atomic E-state index is 0.486. The number of halogens is 1. The smallest absolute Gasteiger partial charge is 0.162 e. The maximum atomic E-state index is 6.21. The van der Waals surface area contributed by atoms with E-state index < -0.39 is 0 Å². The molecular formula is C13H19ClN6. The van der Waals surface area contributed by atoms with E-state index in [4.69, 9.17) is 11.6 Å². The second-order valence-electron chi connectivity index (χ2n) is 5.50. The summed E-state index contributed by atoms with van der Waals surface area (Å²) in [6.07, 6.45) is 1.71. The standard InChI is InChI=1S/C13H19ClN6/c1-9-7-20(5-4-18(9)2)8-11-16-12(14)10-6-15-19(3)13(10)17-11/h6,9H,4-5,7-8H2,1-3H3. The van der Waals surface area contributed by atoms with Crippen molar-refractivity contribution in [2.45, 2.75) is 19.5 Å². The molecule has 0 N–H and O–H groups in total. The third-order valence-corrected chi connectivity index (χ3v) is 4.29. The third-order valence-electron chi connectivity index (χ3n) is 4.00. The van der Waals surface area contributed by atoms with Gasteiger partial charge in [0.1, 0.15) is 11.0 Å². The number of aromatic nitrogens is 4. The number of hydrogen-bond acceptors (Lipinski definition) is 5. The van der Waals surface area contributed by atoms with E-state index in [1.165, 1.54) is 0 Å². The van der Waals surface area contributed by atoms with Gasteiger partial charge >= 0.3 is 0 Å². The summed E-state index contributed by atoms with van der Waals surface area (Å²) in [5, 5.41) is 5.47. The molecule has 1 aliphatic rings. The minimum Gasteiger partial charge on any atom is -0.301 e. The molecule has 2 aromatic rings. The van der Waals surface area contributed by atoms with Crippen LogP contribution in [0.25, 0.3) is 11.0 Å². The van der Waals surface area contributed by atoms with Crippen LogP contribution in [-0.2, 0) is 13.6 Å². The van der Waals surface area contributed by atoms with E-state index in [9.17, 15) is 0 Å². The number of piperazine rings is 1. The van der Waals surface area contributed by atoms with Crippen molar-refractivity contribution in [3.8, 4) is 0 Å². The molecule has 0 amide bonds. The molecular weight excluding hydrogens is 276 g/mol. The molecule has 20 heavy (non-hydrogen) atoms. The molecule has 6 nitrogen and oxygen atoms in total. The molecule has 1 saturated heterocycles. The Morgan fingerprint density at radius 2 is 2.10 bits per heavy atom. The van der Waals surface area contributed by atoms with Crippen LogP contribution >= 0.6 is 11.6 Å². The Morgan fingerprint density at radius 3 is 2.85 bits per heavy atom. The van der Waals surface area contributed by atoms with Crippen LogP contribution < -0.4 is 0 Å². The van der Waals surface area contributed by atoms with Gasteiger partial charge in [-0.2, -0.15) is 5.10 Å². The molecule has 0 bridgehead atoms. The monoisotopic (exact) mass is 294 g/mol. The highest BCUT2D eigenvalue weighted by atomic mass is 35.5. The SMILES string of the molecule is CC1CN(Cc2nc(Cl)c3cnn(C)c3n2)CCN1C. The van der Waals surface area contributed by atoms with Crippen LogP contribution in [0.5, 0.6) is 0 Å². The Morgan fingerprint density at radius 1 is 1.30 bits per heavy atom. The molecule has 0 spiro atoms. The van der Waals surface area contributed by atoms with Crippen molar-refractivity contribution in [2.75, 3.05) is 26.7 Å². The highest BCUT2D eigenvalue weighted by Gasteiger charge is 2.21. The lowest BCUT2D eigenvalue weighted by molar-refractivity contribution is 0.0981. The third kappa shape index (κ3) is 2.51. The summed E-state index contributed by atoms with van der Waals surface area (Å²) in [4.78, 5) is 13.7. The van der Waals surface area contributed by atoms with Crippen LogP contribution in [0.15, 0.2) is 6.20 Å². The van der Waals surface area contributed by atoms with E-state index in [0.717, 1.165) is 43.0 Å². The Bertz CT molecular complexity index is 625. The summed E-state index contributed by atoms with van der Waals surface area (Å²) in [7, 11) is 4.03. The van der Waals surface area contributed by atoms with Crippen LogP contribution in [-0.4, -0.2) is 62.3 Å². The van der Waals surface area contributed by atoms with Gasteiger partial charge in [0.25, 0.3) is 0 Å². The van der Waals surface area contributed by atoms with Gasteiger partial charge in [-0.3, -0.25) is 9.58 Å². The summed E-state index contributed by atoms with van der Waals surface area (Å²) in [6, 6.07) is 0.555. The van der Waals surface area contributed by atoms with Crippen LogP contribution in [0.4, 0.5) is 0 Å². The largest absolute Gasteiger partial charge is 0.301 e. The zero-order chi connectivity index (χ0) is 14.3. The van der Waals surface area contributed by atoms with Crippen molar-refractivity contribution in [3.05, 3.63) is 17.2 Å². The van der Waals surface area contributed by atoms with Crippen molar-refractivity contribution >= 4 is 22.6 Å². The molecule has 3 heterocycles. The van der Waals surface area contributed by atoms with E-state index in [1.807, 2.05) is 7.05 Å². The summed E-state index contributed by atoms with van der Waals surface area (Å²) in [6.45, 7) is 6.11. The van der Waals surface area contributed by atoms with Gasteiger partial charge in [-0.15, -0.1) is 0 Å². The average molecular weight is 295 g/mol. The number of rotatable bonds is 2. The van der Waals surface area contributed by atoms with Gasteiger partial charge in [-0.25, -0.2) is 9.97 Å². The maximum Gasteiger partial charge on any atom is 0.162 e. The molecule has 1 unspecified atom stereocenters. The van der Waals surface area contributed by atoms with Gasteiger partial charge in [-0.05, 0) is 14.0 Å². The number of aryl methyl sites for hydroxylation is 1. The lowest BCUT2D eigenvalue weighted by Crippen LogP contribution is -2.49. The molecule has 3 rings (SSSR count). The molecule has 0 radical (unpaired) electrons. The highest BCUT2D eigenvalue weighted by molar-refractivity contribution is 6.33. The summed E-state index contributed by atoms with van der Waals surface area (Å²) < 4.78 is 1.74. The predicted molar refractivity (Wildman–Crippen MR) is 78.7 cm³/mol. The molecule has 1 aliphatic heterocycles. The Labute approximate surface area is 123 Å². The highest BCUT2D eigenvalue weighted by Crippen LogP contribution is 2.20. The summed E-state index contributed by atoms with van der Waals surface area (Å²) >= 11 is 6.21. The predicted octanol–water partition coefficient (Wildman–Crippen LogP) is 1.15. The van der Waals surface area contributed by atoms with Crippen molar-refractivity contribution in [3.63, 3.8) is 0 Å². The van der Waals surface area contributed by atoms with E-state index in [1.54, 1.807) is 10.9 Å². The fourth-order valence-electron chi connectivity index (χ4n) is 2.57. The summed E-state index contributed by atoms with van der Waals surface area (Å²) in [5.74, 6) is 0.767. The lowest BCUT2D eigenvalue weighted by Gasteiger charge is -2.37. The fourth-order valence-corrected chi connectivity index (χ4v) is 2.80. The van der Waals surface area contributed by atoms with Crippen molar-refractivity contribution in [1.29, 1.82) is 0 Å². The normalized spacial score (nSPS) is 21.7. The van der Waals surface area contributed by atoms with E-state index in [-0.39, 0.29) is 0 Å². The molecule has 1 atom stereocenters. The quantitative estimate of drug-likeness (QED) is 0.778. The molecule has 0 aromatic carbocycles. The first-order valence-corrected chi connectivity index (χ1v) is 7.19. The maximum absolute atomic E-state index is 6.21. The van der Waals surface area contributed by atoms with Crippen LogP contribution in [0.2, 0.25) is 5.15 Å². The van der Waals surface area contributed by atoms with Crippen molar-refractivity contribution in [1.82, 2.24) is 29.5 Å². The number of fused-ring (bicyclic) bond motifs is 1. The molecule has 1 fully saturated rings. The summed E-state index contributed by atoms with van der Waals surface area (Å²) in [5.41, 5.74) is 0.794. The lowest BCUT2D eigenvalue weighted by atomic mass is 10.2. The fraction of sp³-hybridized carbons (Fsp3) is 0.615. The first-order valence-electron chi connectivity index (χ1n) is 6.81. The Kier molecular flexibility index (Phi) is 3.62. The number of nitrogens with zero attached hydrogens (tertiary/aromatic N) is 6. The van der Waals surface area contributed by atoms with E-state index in [2.05, 4.69) is 38.8 Å². The van der Waals surface area contributed by atoms with Gasteiger partial charge in [-0.1, -0.05) is 11.6 Å². The van der Waals surface area contributed by atoms with E-state index in [0.29, 0.717) is 11.2 Å². The van der Waals surface area contributed by atoms with Crippen LogP contribution in [0, 0.1) is 0 Å². The molecule has 108 valence electrons. The van der Waals surface area contributed by atoms with E-state index >= 15 is 0 Å². The molecule has 0 saturated carbocycles. The van der Waals surface area contributed by atoms with Gasteiger partial charge in [0.05, 0.1) is 18.1 Å². The zero-order valence-electron chi connectivity index (χ0n) is 12.0. The van der Waals surface area contributed by atoms with Gasteiger partial charge in [0.2, 0.25) is 0 Å². The van der Waals surface area contributed by atoms with Crippen molar-refractivity contribution < 1.29 is 0 Å². The molecule has 2 aromatic heterocycles. The second kappa shape index (κ2) is 5.27. The molecule has 7 heteroatoms. The number of hydrogen-bond donors (Lipinski definition) is 0. The van der Waals surface area contributed by atoms with Gasteiger partial charge < -0.3 is 4.90 Å². The topological polar surface area (TPSA) is 50.1 Å². The second-order valence-corrected chi connectivity index (χ2v) is 5.86. The Hall–Kier alpha value is -1.24. The van der Waals surface area contributed by atoms with Crippen LogP contribution in [0.3, 0.4) is 0 Å². The average Bonchev–Trinajstić information content (AvgIpc) is 2.77. The number of likely N-dealkylation sites (N-methyl/N-ethyl adjacent to an activating group) is 1. The van der Waals surface area contributed by atoms with Crippen molar-refractivity contribution in [2.24, 2.45) is 7.05 Å². The minimum absolute atomic E-state index is 0.486. The zero-order valence-corrected chi connectivity index (χ0v) is 12.8. The van der Waals surface area contributed by atoms with Gasteiger partial charge in [0.15, 0.2) is 5.65 Å². The molecule has 0 aliphatic carbocycles. The Balaban J connectivity index is 1.82.